The number of carbonyl (C=O) groups excluding carboxylic acids is 1. The molecule has 1 amide bonds. The zero-order chi connectivity index (χ0) is 27.9. The zero-order valence-corrected chi connectivity index (χ0v) is 21.0. The molecule has 5 N–H and O–H groups in total. The SMILES string of the molecule is CC(C)(Cc1cccc(CC(=O)NCc2ccc(OC(F)(F)F)cc2)c1)NC[C@H](O)c1cc(O)cc(O)c1. The smallest absolute Gasteiger partial charge is 0.508 e. The van der Waals surface area contributed by atoms with E-state index in [-0.39, 0.29) is 42.7 Å². The highest BCUT2D eigenvalue weighted by molar-refractivity contribution is 5.78. The van der Waals surface area contributed by atoms with Crippen molar-refractivity contribution in [3.05, 3.63) is 89.0 Å². The maximum absolute atomic E-state index is 12.4. The van der Waals surface area contributed by atoms with Crippen molar-refractivity contribution in [3.8, 4) is 17.2 Å². The number of hydrogen-bond donors (Lipinski definition) is 5. The maximum atomic E-state index is 12.4. The molecule has 0 radical (unpaired) electrons. The van der Waals surface area contributed by atoms with Crippen LogP contribution < -0.4 is 15.4 Å². The van der Waals surface area contributed by atoms with Crippen LogP contribution in [0.2, 0.25) is 0 Å². The molecule has 0 bridgehead atoms. The molecule has 204 valence electrons. The van der Waals surface area contributed by atoms with E-state index in [4.69, 9.17) is 0 Å². The Kier molecular flexibility index (Phi) is 9.24. The van der Waals surface area contributed by atoms with Crippen molar-refractivity contribution in [1.29, 1.82) is 0 Å². The molecule has 0 saturated carbocycles. The second-order valence-electron chi connectivity index (χ2n) is 9.71. The Balaban J connectivity index is 1.50. The van der Waals surface area contributed by atoms with Gasteiger partial charge < -0.3 is 30.7 Å². The van der Waals surface area contributed by atoms with Crippen LogP contribution in [0.5, 0.6) is 17.2 Å². The van der Waals surface area contributed by atoms with Crippen molar-refractivity contribution in [3.63, 3.8) is 0 Å². The molecule has 3 aromatic rings. The number of aromatic hydroxyl groups is 2. The van der Waals surface area contributed by atoms with Gasteiger partial charge in [-0.05, 0) is 66.8 Å². The monoisotopic (exact) mass is 532 g/mol. The van der Waals surface area contributed by atoms with Gasteiger partial charge in [0.1, 0.15) is 17.2 Å². The molecule has 38 heavy (non-hydrogen) atoms. The third kappa shape index (κ3) is 9.60. The van der Waals surface area contributed by atoms with Crippen LogP contribution in [-0.4, -0.2) is 39.7 Å². The number of hydrogen-bond acceptors (Lipinski definition) is 6. The van der Waals surface area contributed by atoms with Crippen molar-refractivity contribution in [2.75, 3.05) is 6.54 Å². The normalized spacial score (nSPS) is 12.7. The van der Waals surface area contributed by atoms with E-state index >= 15 is 0 Å². The predicted molar refractivity (Wildman–Crippen MR) is 136 cm³/mol. The Labute approximate surface area is 218 Å². The summed E-state index contributed by atoms with van der Waals surface area (Å²) >= 11 is 0. The third-order valence-corrected chi connectivity index (χ3v) is 5.73. The molecule has 3 aromatic carbocycles. The maximum Gasteiger partial charge on any atom is 0.573 e. The van der Waals surface area contributed by atoms with E-state index < -0.39 is 18.0 Å². The summed E-state index contributed by atoms with van der Waals surface area (Å²) in [5.41, 5.74) is 2.41. The van der Waals surface area contributed by atoms with Crippen molar-refractivity contribution in [2.24, 2.45) is 0 Å². The van der Waals surface area contributed by atoms with Gasteiger partial charge in [-0.1, -0.05) is 36.4 Å². The summed E-state index contributed by atoms with van der Waals surface area (Å²) in [6.07, 6.45) is -4.95. The highest BCUT2D eigenvalue weighted by Crippen LogP contribution is 2.25. The molecule has 3 rings (SSSR count). The first-order valence-electron chi connectivity index (χ1n) is 11.9. The first kappa shape index (κ1) is 28.8. The first-order valence-corrected chi connectivity index (χ1v) is 11.9. The number of halogens is 3. The van der Waals surface area contributed by atoms with E-state index in [0.29, 0.717) is 17.5 Å². The number of rotatable bonds is 11. The molecule has 0 aromatic heterocycles. The molecule has 1 atom stereocenters. The van der Waals surface area contributed by atoms with E-state index in [0.717, 1.165) is 11.1 Å². The number of phenolic OH excluding ortho intramolecular Hbond substituents is 2. The number of aliphatic hydroxyl groups is 1. The fourth-order valence-electron chi connectivity index (χ4n) is 3.98. The minimum absolute atomic E-state index is 0.132. The van der Waals surface area contributed by atoms with Gasteiger partial charge in [0.05, 0.1) is 12.5 Å². The Morgan fingerprint density at radius 1 is 0.921 bits per heavy atom. The number of carbonyl (C=O) groups is 1. The van der Waals surface area contributed by atoms with Crippen LogP contribution >= 0.6 is 0 Å². The summed E-state index contributed by atoms with van der Waals surface area (Å²) in [4.78, 5) is 12.4. The quantitative estimate of drug-likeness (QED) is 0.249. The molecule has 10 heteroatoms. The summed E-state index contributed by atoms with van der Waals surface area (Å²) in [5, 5.41) is 35.8. The van der Waals surface area contributed by atoms with Gasteiger partial charge in [0.25, 0.3) is 0 Å². The molecule has 0 aliphatic rings. The number of aliphatic hydroxyl groups excluding tert-OH is 1. The number of alkyl halides is 3. The van der Waals surface area contributed by atoms with Crippen LogP contribution in [0.4, 0.5) is 13.2 Å². The lowest BCUT2D eigenvalue weighted by molar-refractivity contribution is -0.274. The van der Waals surface area contributed by atoms with Crippen molar-refractivity contribution in [1.82, 2.24) is 10.6 Å². The van der Waals surface area contributed by atoms with Crippen LogP contribution in [0.1, 0.15) is 42.2 Å². The summed E-state index contributed by atoms with van der Waals surface area (Å²) in [7, 11) is 0. The summed E-state index contributed by atoms with van der Waals surface area (Å²) in [6.45, 7) is 4.32. The molecule has 0 saturated heterocycles. The largest absolute Gasteiger partial charge is 0.573 e. The highest BCUT2D eigenvalue weighted by Gasteiger charge is 2.31. The van der Waals surface area contributed by atoms with Gasteiger partial charge in [-0.3, -0.25) is 4.79 Å². The lowest BCUT2D eigenvalue weighted by Crippen LogP contribution is -2.43. The minimum atomic E-state index is -4.76. The standard InChI is InChI=1S/C28H31F3N2O5/c1-27(2,33-17-25(36)21-12-22(34)14-23(35)13-21)15-20-5-3-4-19(10-20)11-26(37)32-16-18-6-8-24(9-7-18)38-28(29,30)31/h3-10,12-14,25,33-36H,11,15-17H2,1-2H3,(H,32,37)/t25-/m0/s1. The number of phenols is 2. The molecule has 0 aliphatic heterocycles. The third-order valence-electron chi connectivity index (χ3n) is 5.73. The number of nitrogens with one attached hydrogen (secondary N) is 2. The van der Waals surface area contributed by atoms with E-state index in [9.17, 15) is 33.3 Å². The van der Waals surface area contributed by atoms with E-state index in [1.54, 1.807) is 0 Å². The Morgan fingerprint density at radius 3 is 2.18 bits per heavy atom. The van der Waals surface area contributed by atoms with Crippen LogP contribution in [0, 0.1) is 0 Å². The highest BCUT2D eigenvalue weighted by atomic mass is 19.4. The van der Waals surface area contributed by atoms with Crippen LogP contribution in [0.3, 0.4) is 0 Å². The Morgan fingerprint density at radius 2 is 1.55 bits per heavy atom. The van der Waals surface area contributed by atoms with E-state index in [2.05, 4.69) is 15.4 Å². The van der Waals surface area contributed by atoms with Gasteiger partial charge in [-0.25, -0.2) is 0 Å². The van der Waals surface area contributed by atoms with E-state index in [1.165, 1.54) is 42.5 Å². The lowest BCUT2D eigenvalue weighted by atomic mass is 9.93. The van der Waals surface area contributed by atoms with Gasteiger partial charge in [0.2, 0.25) is 5.91 Å². The zero-order valence-electron chi connectivity index (χ0n) is 21.0. The van der Waals surface area contributed by atoms with Crippen LogP contribution in [-0.2, 0) is 24.2 Å². The summed E-state index contributed by atoms with van der Waals surface area (Å²) in [5.74, 6) is -0.817. The fraction of sp³-hybridized carbons (Fsp3) is 0.321. The van der Waals surface area contributed by atoms with Gasteiger partial charge in [-0.2, -0.15) is 0 Å². The molecule has 0 fully saturated rings. The number of amides is 1. The van der Waals surface area contributed by atoms with Crippen molar-refractivity contribution in [2.45, 2.75) is 51.2 Å². The summed E-state index contributed by atoms with van der Waals surface area (Å²) < 4.78 is 40.7. The van der Waals surface area contributed by atoms with E-state index in [1.807, 2.05) is 38.1 Å². The molecular formula is C28H31F3N2O5. The Bertz CT molecular complexity index is 1210. The predicted octanol–water partition coefficient (Wildman–Crippen LogP) is 4.50. The van der Waals surface area contributed by atoms with Crippen LogP contribution in [0.25, 0.3) is 0 Å². The minimum Gasteiger partial charge on any atom is -0.508 e. The average molecular weight is 533 g/mol. The van der Waals surface area contributed by atoms with Gasteiger partial charge in [0.15, 0.2) is 0 Å². The van der Waals surface area contributed by atoms with Gasteiger partial charge >= 0.3 is 6.36 Å². The second kappa shape index (κ2) is 12.2. The van der Waals surface area contributed by atoms with Crippen LogP contribution in [0.15, 0.2) is 66.7 Å². The molecule has 0 aliphatic carbocycles. The molecule has 0 spiro atoms. The lowest BCUT2D eigenvalue weighted by Gasteiger charge is -2.28. The summed E-state index contributed by atoms with van der Waals surface area (Å²) in [6, 6.07) is 16.8. The van der Waals surface area contributed by atoms with Crippen molar-refractivity contribution < 1.29 is 38.0 Å². The topological polar surface area (TPSA) is 111 Å². The van der Waals surface area contributed by atoms with Gasteiger partial charge in [-0.15, -0.1) is 13.2 Å². The number of ether oxygens (including phenoxy) is 1. The number of benzene rings is 3. The molecule has 0 unspecified atom stereocenters. The van der Waals surface area contributed by atoms with Gasteiger partial charge in [0, 0.05) is 24.7 Å². The average Bonchev–Trinajstić information content (AvgIpc) is 2.80. The second-order valence-corrected chi connectivity index (χ2v) is 9.71. The van der Waals surface area contributed by atoms with Crippen molar-refractivity contribution >= 4 is 5.91 Å². The molecule has 0 heterocycles. The molecule has 7 nitrogen and oxygen atoms in total. The Hall–Kier alpha value is -3.76. The molecular weight excluding hydrogens is 501 g/mol. The number of β-amino-alcohol motifs (C(OH)–C–C–N with tert-alkyl or cyclic N) is 1. The fourth-order valence-corrected chi connectivity index (χ4v) is 3.98. The first-order chi connectivity index (χ1) is 17.8.